The van der Waals surface area contributed by atoms with Crippen molar-refractivity contribution in [1.82, 2.24) is 19.6 Å². The number of nitrogens with one attached hydrogen (secondary N) is 2. The van der Waals surface area contributed by atoms with Gasteiger partial charge in [0.2, 0.25) is 0 Å². The molecule has 2 heterocycles. The Morgan fingerprint density at radius 2 is 1.97 bits per heavy atom. The fourth-order valence-corrected chi connectivity index (χ4v) is 4.82. The molecule has 2 aromatic carbocycles. The second-order valence-corrected chi connectivity index (χ2v) is 9.29. The quantitative estimate of drug-likeness (QED) is 0.605. The number of ether oxygens (including phenoxy) is 1. The highest BCUT2D eigenvalue weighted by molar-refractivity contribution is 7.89. The molecule has 0 amide bonds. The molecule has 0 saturated heterocycles. The largest absolute Gasteiger partial charge is 0.492 e. The monoisotopic (exact) mass is 426 g/mol. The van der Waals surface area contributed by atoms with Crippen LogP contribution in [0.1, 0.15) is 22.6 Å². The van der Waals surface area contributed by atoms with Crippen LogP contribution in [0.5, 0.6) is 5.75 Å². The van der Waals surface area contributed by atoms with Gasteiger partial charge in [-0.15, -0.1) is 0 Å². The first-order chi connectivity index (χ1) is 14.5. The van der Waals surface area contributed by atoms with Crippen molar-refractivity contribution >= 4 is 10.0 Å². The fourth-order valence-electron chi connectivity index (χ4n) is 3.83. The van der Waals surface area contributed by atoms with E-state index < -0.39 is 10.0 Å². The van der Waals surface area contributed by atoms with E-state index in [0.717, 1.165) is 23.3 Å². The lowest BCUT2D eigenvalue weighted by molar-refractivity contribution is 0.218. The van der Waals surface area contributed by atoms with Crippen LogP contribution in [0, 0.1) is 0 Å². The van der Waals surface area contributed by atoms with Crippen molar-refractivity contribution in [2.24, 2.45) is 7.05 Å². The summed E-state index contributed by atoms with van der Waals surface area (Å²) in [6.45, 7) is 0.793. The minimum atomic E-state index is -3.66. The van der Waals surface area contributed by atoms with Gasteiger partial charge in [0.05, 0.1) is 6.33 Å². The molecule has 8 heteroatoms. The van der Waals surface area contributed by atoms with Crippen LogP contribution in [0.25, 0.3) is 0 Å². The lowest BCUT2D eigenvalue weighted by Gasteiger charge is -2.34. The van der Waals surface area contributed by atoms with E-state index in [0.29, 0.717) is 6.61 Å². The minimum absolute atomic E-state index is 0.0171. The molecule has 1 aliphatic heterocycles. The van der Waals surface area contributed by atoms with Gasteiger partial charge in [-0.05, 0) is 36.2 Å². The summed E-state index contributed by atoms with van der Waals surface area (Å²) >= 11 is 0. The van der Waals surface area contributed by atoms with Crippen molar-refractivity contribution in [3.63, 3.8) is 0 Å². The number of benzene rings is 2. The molecule has 1 aliphatic rings. The summed E-state index contributed by atoms with van der Waals surface area (Å²) in [5, 5.41) is 3.38. The molecule has 0 aliphatic carbocycles. The number of nitrogens with zero attached hydrogens (tertiary/aromatic N) is 2. The lowest BCUT2D eigenvalue weighted by Crippen LogP contribution is -2.41. The molecule has 0 unspecified atom stereocenters. The fraction of sp³-hybridized carbons (Fsp3) is 0.318. The van der Waals surface area contributed by atoms with Crippen molar-refractivity contribution in [2.75, 3.05) is 13.7 Å². The van der Waals surface area contributed by atoms with Gasteiger partial charge in [-0.3, -0.25) is 0 Å². The maximum absolute atomic E-state index is 12.5. The second-order valence-electron chi connectivity index (χ2n) is 7.58. The zero-order valence-electron chi connectivity index (χ0n) is 17.1. The van der Waals surface area contributed by atoms with Crippen LogP contribution in [0.15, 0.2) is 66.1 Å². The standard InChI is InChI=1S/C22H26N4O3S/c1-23-20-14-29-21-9-8-17(12-25-30(27,28)22-13-26(2)15-24-22)11-19(21)18(20)10-16-6-4-3-5-7-16/h3-9,11,13,15,18,20,23,25H,10,12,14H2,1-2H3/t18-,20-/m1/s1. The molecule has 0 spiro atoms. The number of likely N-dealkylation sites (N-methyl/N-ethyl adjacent to an activating group) is 1. The Morgan fingerprint density at radius 3 is 2.67 bits per heavy atom. The van der Waals surface area contributed by atoms with Crippen LogP contribution >= 0.6 is 0 Å². The van der Waals surface area contributed by atoms with E-state index in [-0.39, 0.29) is 23.5 Å². The summed E-state index contributed by atoms with van der Waals surface area (Å²) in [5.41, 5.74) is 3.24. The van der Waals surface area contributed by atoms with E-state index >= 15 is 0 Å². The van der Waals surface area contributed by atoms with E-state index in [1.54, 1.807) is 11.6 Å². The Bertz CT molecular complexity index is 1110. The summed E-state index contributed by atoms with van der Waals surface area (Å²) in [6.07, 6.45) is 3.83. The van der Waals surface area contributed by atoms with Gasteiger partial charge in [0, 0.05) is 31.7 Å². The Kier molecular flexibility index (Phi) is 5.90. The molecule has 2 atom stereocenters. The number of sulfonamides is 1. The number of imidazole rings is 1. The third-order valence-electron chi connectivity index (χ3n) is 5.47. The van der Waals surface area contributed by atoms with Crippen molar-refractivity contribution in [2.45, 2.75) is 30.0 Å². The molecule has 0 fully saturated rings. The van der Waals surface area contributed by atoms with Crippen LogP contribution in [0.4, 0.5) is 0 Å². The van der Waals surface area contributed by atoms with E-state index in [9.17, 15) is 8.42 Å². The predicted octanol–water partition coefficient (Wildman–Crippen LogP) is 2.21. The molecule has 30 heavy (non-hydrogen) atoms. The highest BCUT2D eigenvalue weighted by atomic mass is 32.2. The van der Waals surface area contributed by atoms with Gasteiger partial charge < -0.3 is 14.6 Å². The molecule has 1 aromatic heterocycles. The first kappa shape index (κ1) is 20.6. The third-order valence-corrected chi connectivity index (χ3v) is 6.76. The Balaban J connectivity index is 1.57. The number of fused-ring (bicyclic) bond motifs is 1. The Morgan fingerprint density at radius 1 is 1.17 bits per heavy atom. The van der Waals surface area contributed by atoms with E-state index in [2.05, 4.69) is 27.2 Å². The van der Waals surface area contributed by atoms with Crippen LogP contribution in [0.3, 0.4) is 0 Å². The minimum Gasteiger partial charge on any atom is -0.492 e. The molecule has 3 aromatic rings. The van der Waals surface area contributed by atoms with Crippen molar-refractivity contribution in [1.29, 1.82) is 0 Å². The van der Waals surface area contributed by atoms with Crippen LogP contribution in [0.2, 0.25) is 0 Å². The number of aryl methyl sites for hydroxylation is 1. The maximum atomic E-state index is 12.5. The molecular formula is C22H26N4O3S. The zero-order chi connectivity index (χ0) is 21.1. The average molecular weight is 427 g/mol. The van der Waals surface area contributed by atoms with E-state index in [4.69, 9.17) is 4.74 Å². The number of aromatic nitrogens is 2. The van der Waals surface area contributed by atoms with Gasteiger partial charge in [-0.2, -0.15) is 0 Å². The third kappa shape index (κ3) is 4.40. The van der Waals surface area contributed by atoms with Crippen molar-refractivity contribution < 1.29 is 13.2 Å². The van der Waals surface area contributed by atoms with Crippen LogP contribution in [-0.4, -0.2) is 37.7 Å². The average Bonchev–Trinajstić information content (AvgIpc) is 3.21. The molecule has 0 radical (unpaired) electrons. The summed E-state index contributed by atoms with van der Waals surface area (Å²) in [4.78, 5) is 3.93. The summed E-state index contributed by atoms with van der Waals surface area (Å²) in [7, 11) is 0.0210. The molecule has 0 bridgehead atoms. The van der Waals surface area contributed by atoms with E-state index in [1.165, 1.54) is 18.1 Å². The van der Waals surface area contributed by atoms with Gasteiger partial charge in [0.15, 0.2) is 5.03 Å². The molecule has 4 rings (SSSR count). The predicted molar refractivity (Wildman–Crippen MR) is 115 cm³/mol. The first-order valence-electron chi connectivity index (χ1n) is 9.91. The molecular weight excluding hydrogens is 400 g/mol. The molecule has 7 nitrogen and oxygen atoms in total. The zero-order valence-corrected chi connectivity index (χ0v) is 17.9. The van der Waals surface area contributed by atoms with Crippen LogP contribution < -0.4 is 14.8 Å². The highest BCUT2D eigenvalue weighted by Gasteiger charge is 2.30. The van der Waals surface area contributed by atoms with Crippen molar-refractivity contribution in [3.8, 4) is 5.75 Å². The normalized spacial score (nSPS) is 18.6. The summed E-state index contributed by atoms with van der Waals surface area (Å²) in [5.74, 6) is 1.09. The van der Waals surface area contributed by atoms with Gasteiger partial charge >= 0.3 is 0 Å². The van der Waals surface area contributed by atoms with Crippen LogP contribution in [-0.2, 0) is 30.0 Å². The topological polar surface area (TPSA) is 85.3 Å². The number of hydrogen-bond donors (Lipinski definition) is 2. The lowest BCUT2D eigenvalue weighted by atomic mass is 9.83. The smallest absolute Gasteiger partial charge is 0.259 e. The number of hydrogen-bond acceptors (Lipinski definition) is 5. The summed E-state index contributed by atoms with van der Waals surface area (Å²) in [6, 6.07) is 16.4. The second kappa shape index (κ2) is 8.59. The van der Waals surface area contributed by atoms with Gasteiger partial charge in [-0.25, -0.2) is 18.1 Å². The first-order valence-corrected chi connectivity index (χ1v) is 11.4. The maximum Gasteiger partial charge on any atom is 0.259 e. The van der Waals surface area contributed by atoms with Gasteiger partial charge in [0.1, 0.15) is 12.4 Å². The van der Waals surface area contributed by atoms with E-state index in [1.807, 2.05) is 43.4 Å². The van der Waals surface area contributed by atoms with Crippen molar-refractivity contribution in [3.05, 3.63) is 77.7 Å². The number of rotatable bonds is 7. The highest BCUT2D eigenvalue weighted by Crippen LogP contribution is 2.36. The van der Waals surface area contributed by atoms with Gasteiger partial charge in [0.25, 0.3) is 10.0 Å². The summed E-state index contributed by atoms with van der Waals surface area (Å²) < 4.78 is 35.2. The molecule has 2 N–H and O–H groups in total. The molecule has 0 saturated carbocycles. The Hall–Kier alpha value is -2.68. The molecule has 158 valence electrons. The van der Waals surface area contributed by atoms with Gasteiger partial charge in [-0.1, -0.05) is 42.5 Å². The Labute approximate surface area is 177 Å². The SMILES string of the molecule is CN[C@@H]1COc2ccc(CNS(=O)(=O)c3cn(C)cn3)cc2[C@H]1Cc1ccccc1.